The quantitative estimate of drug-likeness (QED) is 0.800. The van der Waals surface area contributed by atoms with Gasteiger partial charge in [-0.2, -0.15) is 10.4 Å². The number of alkyl halides is 1. The third kappa shape index (κ3) is 2.62. The van der Waals surface area contributed by atoms with Crippen LogP contribution in [0, 0.1) is 18.3 Å². The van der Waals surface area contributed by atoms with Gasteiger partial charge in [0.05, 0.1) is 12.7 Å². The molecule has 7 heteroatoms. The third-order valence-corrected chi connectivity index (χ3v) is 3.58. The molecule has 1 fully saturated rings. The SMILES string of the molecule is Cc1cc(C#N)nn1-c1nc(Cl)ccc1[C@@H]1C[C@H](F)CO1. The van der Waals surface area contributed by atoms with Gasteiger partial charge in [-0.05, 0) is 25.1 Å². The van der Waals surface area contributed by atoms with Crippen LogP contribution in [-0.2, 0) is 4.74 Å². The Morgan fingerprint density at radius 2 is 2.33 bits per heavy atom. The number of nitriles is 1. The van der Waals surface area contributed by atoms with Gasteiger partial charge in [-0.1, -0.05) is 11.6 Å². The highest BCUT2D eigenvalue weighted by Gasteiger charge is 2.29. The molecule has 0 aromatic carbocycles. The molecule has 108 valence electrons. The van der Waals surface area contributed by atoms with Crippen LogP contribution in [0.25, 0.3) is 5.82 Å². The molecule has 0 amide bonds. The molecule has 21 heavy (non-hydrogen) atoms. The minimum Gasteiger partial charge on any atom is -0.370 e. The van der Waals surface area contributed by atoms with E-state index in [1.165, 1.54) is 4.68 Å². The summed E-state index contributed by atoms with van der Waals surface area (Å²) in [5, 5.41) is 13.4. The zero-order chi connectivity index (χ0) is 15.0. The molecule has 0 N–H and O–H groups in total. The van der Waals surface area contributed by atoms with Crippen molar-refractivity contribution in [1.29, 1.82) is 5.26 Å². The molecule has 1 saturated heterocycles. The van der Waals surface area contributed by atoms with Crippen molar-refractivity contribution < 1.29 is 9.13 Å². The Labute approximate surface area is 125 Å². The van der Waals surface area contributed by atoms with Gasteiger partial charge in [-0.3, -0.25) is 0 Å². The molecule has 1 aliphatic rings. The molecule has 0 spiro atoms. The topological polar surface area (TPSA) is 63.7 Å². The first kappa shape index (κ1) is 14.0. The van der Waals surface area contributed by atoms with Crippen LogP contribution in [0.15, 0.2) is 18.2 Å². The first-order chi connectivity index (χ1) is 10.1. The van der Waals surface area contributed by atoms with Crippen LogP contribution in [0.3, 0.4) is 0 Å². The lowest BCUT2D eigenvalue weighted by molar-refractivity contribution is 0.103. The summed E-state index contributed by atoms with van der Waals surface area (Å²) in [6.07, 6.45) is -1.08. The summed E-state index contributed by atoms with van der Waals surface area (Å²) in [4.78, 5) is 4.28. The lowest BCUT2D eigenvalue weighted by Crippen LogP contribution is -2.09. The fraction of sp³-hybridized carbons (Fsp3) is 0.357. The average molecular weight is 307 g/mol. The number of aryl methyl sites for hydroxylation is 1. The molecular weight excluding hydrogens is 295 g/mol. The number of hydrogen-bond donors (Lipinski definition) is 0. The van der Waals surface area contributed by atoms with Crippen LogP contribution in [0.1, 0.15) is 29.5 Å². The highest BCUT2D eigenvalue weighted by molar-refractivity contribution is 6.29. The first-order valence-electron chi connectivity index (χ1n) is 6.47. The summed E-state index contributed by atoms with van der Waals surface area (Å²) in [5.41, 5.74) is 1.75. The van der Waals surface area contributed by atoms with E-state index in [0.717, 1.165) is 11.3 Å². The van der Waals surface area contributed by atoms with E-state index in [2.05, 4.69) is 10.1 Å². The van der Waals surface area contributed by atoms with Crippen LogP contribution in [0.2, 0.25) is 5.15 Å². The molecule has 0 bridgehead atoms. The van der Waals surface area contributed by atoms with Crippen LogP contribution in [0.4, 0.5) is 4.39 Å². The molecule has 3 rings (SSSR count). The fourth-order valence-corrected chi connectivity index (χ4v) is 2.55. The van der Waals surface area contributed by atoms with Gasteiger partial charge in [0.25, 0.3) is 0 Å². The summed E-state index contributed by atoms with van der Waals surface area (Å²) < 4.78 is 20.4. The van der Waals surface area contributed by atoms with Crippen molar-refractivity contribution in [3.63, 3.8) is 0 Å². The summed E-state index contributed by atoms with van der Waals surface area (Å²) in [5.74, 6) is 0.473. The molecule has 0 radical (unpaired) electrons. The second kappa shape index (κ2) is 5.43. The average Bonchev–Trinajstić information content (AvgIpc) is 3.04. The number of halogens is 2. The van der Waals surface area contributed by atoms with E-state index in [4.69, 9.17) is 21.6 Å². The lowest BCUT2D eigenvalue weighted by atomic mass is 10.1. The number of pyridine rings is 1. The second-order valence-corrected chi connectivity index (χ2v) is 5.28. The maximum atomic E-state index is 13.4. The van der Waals surface area contributed by atoms with E-state index < -0.39 is 6.17 Å². The van der Waals surface area contributed by atoms with Gasteiger partial charge in [0.2, 0.25) is 0 Å². The van der Waals surface area contributed by atoms with Crippen LogP contribution < -0.4 is 0 Å². The van der Waals surface area contributed by atoms with Gasteiger partial charge in [-0.25, -0.2) is 14.1 Å². The molecule has 2 atom stereocenters. The van der Waals surface area contributed by atoms with Gasteiger partial charge < -0.3 is 4.74 Å². The molecule has 2 aromatic rings. The van der Waals surface area contributed by atoms with E-state index >= 15 is 0 Å². The van der Waals surface area contributed by atoms with E-state index in [1.807, 2.05) is 13.0 Å². The van der Waals surface area contributed by atoms with Crippen molar-refractivity contribution in [2.75, 3.05) is 6.61 Å². The lowest BCUT2D eigenvalue weighted by Gasteiger charge is -2.15. The summed E-state index contributed by atoms with van der Waals surface area (Å²) in [6.45, 7) is 1.89. The summed E-state index contributed by atoms with van der Waals surface area (Å²) >= 11 is 5.96. The van der Waals surface area contributed by atoms with Crippen molar-refractivity contribution >= 4 is 11.6 Å². The minimum atomic E-state index is -0.980. The zero-order valence-electron chi connectivity index (χ0n) is 11.3. The summed E-state index contributed by atoms with van der Waals surface area (Å²) in [7, 11) is 0. The third-order valence-electron chi connectivity index (χ3n) is 3.37. The van der Waals surface area contributed by atoms with E-state index in [-0.39, 0.29) is 24.8 Å². The van der Waals surface area contributed by atoms with Crippen LogP contribution >= 0.6 is 11.6 Å². The normalized spacial score (nSPS) is 21.4. The molecule has 1 aliphatic heterocycles. The maximum absolute atomic E-state index is 13.4. The Balaban J connectivity index is 2.10. The highest BCUT2D eigenvalue weighted by atomic mass is 35.5. The highest BCUT2D eigenvalue weighted by Crippen LogP contribution is 2.34. The number of hydrogen-bond acceptors (Lipinski definition) is 4. The van der Waals surface area contributed by atoms with Gasteiger partial charge in [0, 0.05) is 17.7 Å². The Morgan fingerprint density at radius 1 is 1.52 bits per heavy atom. The van der Waals surface area contributed by atoms with Crippen LogP contribution in [0.5, 0.6) is 0 Å². The predicted molar refractivity (Wildman–Crippen MR) is 74.0 cm³/mol. The van der Waals surface area contributed by atoms with E-state index in [9.17, 15) is 4.39 Å². The van der Waals surface area contributed by atoms with Crippen molar-refractivity contribution in [1.82, 2.24) is 14.8 Å². The van der Waals surface area contributed by atoms with Crippen LogP contribution in [-0.4, -0.2) is 27.5 Å². The molecule has 0 unspecified atom stereocenters. The maximum Gasteiger partial charge on any atom is 0.163 e. The fourth-order valence-electron chi connectivity index (χ4n) is 2.41. The van der Waals surface area contributed by atoms with Crippen molar-refractivity contribution in [2.45, 2.75) is 25.6 Å². The number of ether oxygens (including phenoxy) is 1. The van der Waals surface area contributed by atoms with Crippen molar-refractivity contribution in [3.05, 3.63) is 40.3 Å². The Morgan fingerprint density at radius 3 is 2.95 bits per heavy atom. The van der Waals surface area contributed by atoms with E-state index in [0.29, 0.717) is 11.0 Å². The number of nitrogens with zero attached hydrogens (tertiary/aromatic N) is 4. The molecule has 5 nitrogen and oxygen atoms in total. The summed E-state index contributed by atoms with van der Waals surface area (Å²) in [6, 6.07) is 7.04. The van der Waals surface area contributed by atoms with Gasteiger partial charge in [-0.15, -0.1) is 0 Å². The Kier molecular flexibility index (Phi) is 3.62. The standard InChI is InChI=1S/C14H12ClFN4O/c1-8-4-10(6-17)19-20(8)14-11(2-3-13(15)18-14)12-5-9(16)7-21-12/h2-4,9,12H,5,7H2,1H3/t9-,12-/m0/s1. The second-order valence-electron chi connectivity index (χ2n) is 4.90. The van der Waals surface area contributed by atoms with E-state index in [1.54, 1.807) is 18.2 Å². The van der Waals surface area contributed by atoms with Crippen molar-refractivity contribution in [2.24, 2.45) is 0 Å². The first-order valence-corrected chi connectivity index (χ1v) is 6.85. The Bertz CT molecular complexity index is 724. The molecular formula is C14H12ClFN4O. The number of rotatable bonds is 2. The largest absolute Gasteiger partial charge is 0.370 e. The molecule has 0 aliphatic carbocycles. The van der Waals surface area contributed by atoms with Gasteiger partial charge in [0.15, 0.2) is 11.5 Å². The van der Waals surface area contributed by atoms with Gasteiger partial charge in [0.1, 0.15) is 17.4 Å². The Hall–Kier alpha value is -1.97. The van der Waals surface area contributed by atoms with Gasteiger partial charge >= 0.3 is 0 Å². The number of aromatic nitrogens is 3. The smallest absolute Gasteiger partial charge is 0.163 e. The minimum absolute atomic E-state index is 0.0776. The monoisotopic (exact) mass is 306 g/mol. The molecule has 0 saturated carbocycles. The predicted octanol–water partition coefficient (Wildman–Crippen LogP) is 2.90. The molecule has 3 heterocycles. The molecule has 2 aromatic heterocycles. The zero-order valence-corrected chi connectivity index (χ0v) is 12.0. The van der Waals surface area contributed by atoms with Crippen molar-refractivity contribution in [3.8, 4) is 11.9 Å².